The minimum atomic E-state index is -4.78. The molecule has 0 unspecified atom stereocenters. The number of anilines is 1. The molecule has 0 spiro atoms. The summed E-state index contributed by atoms with van der Waals surface area (Å²) >= 11 is 0. The number of amides is 1. The first kappa shape index (κ1) is 14.6. The molecule has 1 aliphatic rings. The number of halogens is 3. The van der Waals surface area contributed by atoms with Gasteiger partial charge in [0.2, 0.25) is 0 Å². The lowest BCUT2D eigenvalue weighted by Gasteiger charge is -2.20. The molecule has 0 saturated carbocycles. The standard InChI is InChI=1S/C14H8F3NO3S/c15-14(16,17)10-6-2-3-7-11(10)18-13(19)9-5-1-4-8-12(9)22(18,20)21/h1-8H. The van der Waals surface area contributed by atoms with E-state index in [2.05, 4.69) is 0 Å². The molecular weight excluding hydrogens is 319 g/mol. The summed E-state index contributed by atoms with van der Waals surface area (Å²) in [5.74, 6) is -0.993. The van der Waals surface area contributed by atoms with Gasteiger partial charge < -0.3 is 0 Å². The van der Waals surface area contributed by atoms with Crippen LogP contribution in [0.25, 0.3) is 0 Å². The number of nitrogens with zero attached hydrogens (tertiary/aromatic N) is 1. The van der Waals surface area contributed by atoms with Crippen molar-refractivity contribution in [1.29, 1.82) is 0 Å². The van der Waals surface area contributed by atoms with Crippen LogP contribution in [0.5, 0.6) is 0 Å². The number of benzene rings is 2. The fourth-order valence-corrected chi connectivity index (χ4v) is 3.93. The van der Waals surface area contributed by atoms with E-state index in [1.807, 2.05) is 0 Å². The van der Waals surface area contributed by atoms with Crippen LogP contribution < -0.4 is 4.31 Å². The lowest BCUT2D eigenvalue weighted by Crippen LogP contribution is -2.31. The molecule has 0 saturated heterocycles. The molecule has 0 atom stereocenters. The second-order valence-electron chi connectivity index (χ2n) is 4.59. The SMILES string of the molecule is O=C1c2ccccc2S(=O)(=O)N1c1ccccc1C(F)(F)F. The van der Waals surface area contributed by atoms with Gasteiger partial charge in [0.05, 0.1) is 16.8 Å². The number of sulfonamides is 1. The number of para-hydroxylation sites is 1. The summed E-state index contributed by atoms with van der Waals surface area (Å²) in [5.41, 5.74) is -2.02. The van der Waals surface area contributed by atoms with Gasteiger partial charge in [-0.25, -0.2) is 8.42 Å². The zero-order chi connectivity index (χ0) is 16.1. The van der Waals surface area contributed by atoms with Crippen molar-refractivity contribution in [2.24, 2.45) is 0 Å². The first-order valence-corrected chi connectivity index (χ1v) is 7.53. The summed E-state index contributed by atoms with van der Waals surface area (Å²) in [5, 5.41) is 0. The molecular formula is C14H8F3NO3S. The number of carbonyl (C=O) groups excluding carboxylic acids is 1. The third kappa shape index (κ3) is 1.98. The van der Waals surface area contributed by atoms with Gasteiger partial charge in [0, 0.05) is 0 Å². The molecule has 8 heteroatoms. The van der Waals surface area contributed by atoms with Crippen LogP contribution in [-0.2, 0) is 16.2 Å². The molecule has 1 heterocycles. The number of hydrogen-bond donors (Lipinski definition) is 0. The molecule has 0 aliphatic carbocycles. The zero-order valence-corrected chi connectivity index (χ0v) is 11.6. The molecule has 4 nitrogen and oxygen atoms in total. The van der Waals surface area contributed by atoms with E-state index < -0.39 is 33.4 Å². The first-order valence-electron chi connectivity index (χ1n) is 6.09. The van der Waals surface area contributed by atoms with Crippen LogP contribution in [-0.4, -0.2) is 14.3 Å². The molecule has 1 aliphatic heterocycles. The molecule has 0 radical (unpaired) electrons. The van der Waals surface area contributed by atoms with E-state index in [0.29, 0.717) is 0 Å². The first-order chi connectivity index (χ1) is 10.2. The van der Waals surface area contributed by atoms with E-state index in [9.17, 15) is 26.4 Å². The molecule has 3 rings (SSSR count). The Hall–Kier alpha value is -2.35. The Morgan fingerprint density at radius 2 is 1.50 bits per heavy atom. The van der Waals surface area contributed by atoms with E-state index in [4.69, 9.17) is 0 Å². The summed E-state index contributed by atoms with van der Waals surface area (Å²) < 4.78 is 64.3. The Labute approximate surface area is 123 Å². The van der Waals surface area contributed by atoms with E-state index >= 15 is 0 Å². The monoisotopic (exact) mass is 327 g/mol. The maximum Gasteiger partial charge on any atom is 0.418 e. The van der Waals surface area contributed by atoms with Crippen molar-refractivity contribution in [3.8, 4) is 0 Å². The number of carbonyl (C=O) groups is 1. The molecule has 22 heavy (non-hydrogen) atoms. The number of fused-ring (bicyclic) bond motifs is 1. The van der Waals surface area contributed by atoms with Crippen molar-refractivity contribution < 1.29 is 26.4 Å². The lowest BCUT2D eigenvalue weighted by molar-refractivity contribution is -0.137. The van der Waals surface area contributed by atoms with E-state index in [0.717, 1.165) is 18.2 Å². The number of rotatable bonds is 1. The minimum Gasteiger partial charge on any atom is -0.268 e. The molecule has 0 fully saturated rings. The van der Waals surface area contributed by atoms with Crippen molar-refractivity contribution in [3.63, 3.8) is 0 Å². The average molecular weight is 327 g/mol. The van der Waals surface area contributed by atoms with Gasteiger partial charge >= 0.3 is 6.18 Å². The summed E-state index contributed by atoms with van der Waals surface area (Å²) in [6, 6.07) is 9.40. The normalized spacial score (nSPS) is 16.7. The Kier molecular flexibility index (Phi) is 3.03. The van der Waals surface area contributed by atoms with Crippen molar-refractivity contribution in [2.75, 3.05) is 4.31 Å². The smallest absolute Gasteiger partial charge is 0.268 e. The van der Waals surface area contributed by atoms with Crippen molar-refractivity contribution >= 4 is 21.6 Å². The molecule has 114 valence electrons. The van der Waals surface area contributed by atoms with Crippen LogP contribution in [0, 0.1) is 0 Å². The maximum absolute atomic E-state index is 13.1. The van der Waals surface area contributed by atoms with Gasteiger partial charge in [-0.3, -0.25) is 4.79 Å². The predicted molar refractivity (Wildman–Crippen MR) is 71.9 cm³/mol. The van der Waals surface area contributed by atoms with Gasteiger partial charge in [-0.15, -0.1) is 0 Å². The van der Waals surface area contributed by atoms with Gasteiger partial charge in [0.1, 0.15) is 4.90 Å². The second-order valence-corrected chi connectivity index (χ2v) is 6.34. The highest BCUT2D eigenvalue weighted by Crippen LogP contribution is 2.41. The van der Waals surface area contributed by atoms with Crippen LogP contribution in [0.4, 0.5) is 18.9 Å². The third-order valence-corrected chi connectivity index (χ3v) is 5.00. The number of hydrogen-bond acceptors (Lipinski definition) is 3. The third-order valence-electron chi connectivity index (χ3n) is 3.25. The predicted octanol–water partition coefficient (Wildman–Crippen LogP) is 3.05. The molecule has 2 aromatic rings. The highest BCUT2D eigenvalue weighted by atomic mass is 32.2. The van der Waals surface area contributed by atoms with E-state index in [1.165, 1.54) is 30.3 Å². The minimum absolute atomic E-state index is 0.139. The Balaban J connectivity index is 2.27. The molecule has 0 N–H and O–H groups in total. The molecule has 0 aromatic heterocycles. The fraction of sp³-hybridized carbons (Fsp3) is 0.0714. The lowest BCUT2D eigenvalue weighted by atomic mass is 10.1. The topological polar surface area (TPSA) is 54.5 Å². The Bertz CT molecular complexity index is 875. The quantitative estimate of drug-likeness (QED) is 0.809. The van der Waals surface area contributed by atoms with Gasteiger partial charge in [0.25, 0.3) is 15.9 Å². The molecule has 1 amide bonds. The van der Waals surface area contributed by atoms with Crippen LogP contribution in [0.2, 0.25) is 0 Å². The van der Waals surface area contributed by atoms with Crippen LogP contribution in [0.1, 0.15) is 15.9 Å². The Morgan fingerprint density at radius 1 is 0.909 bits per heavy atom. The van der Waals surface area contributed by atoms with E-state index in [-0.39, 0.29) is 14.8 Å². The van der Waals surface area contributed by atoms with Gasteiger partial charge in [-0.1, -0.05) is 24.3 Å². The summed E-state index contributed by atoms with van der Waals surface area (Å²) in [4.78, 5) is 12.0. The van der Waals surface area contributed by atoms with Crippen molar-refractivity contribution in [2.45, 2.75) is 11.1 Å². The summed E-state index contributed by atoms with van der Waals surface area (Å²) in [6.07, 6.45) is -4.78. The van der Waals surface area contributed by atoms with Crippen molar-refractivity contribution in [1.82, 2.24) is 0 Å². The van der Waals surface area contributed by atoms with Gasteiger partial charge in [-0.05, 0) is 24.3 Å². The highest BCUT2D eigenvalue weighted by molar-refractivity contribution is 7.94. The van der Waals surface area contributed by atoms with Crippen LogP contribution >= 0.6 is 0 Å². The highest BCUT2D eigenvalue weighted by Gasteiger charge is 2.45. The fourth-order valence-electron chi connectivity index (χ4n) is 2.31. The molecule has 2 aromatic carbocycles. The average Bonchev–Trinajstić information content (AvgIpc) is 2.66. The summed E-state index contributed by atoms with van der Waals surface area (Å²) in [6.45, 7) is 0. The van der Waals surface area contributed by atoms with E-state index in [1.54, 1.807) is 0 Å². The maximum atomic E-state index is 13.1. The summed E-state index contributed by atoms with van der Waals surface area (Å²) in [7, 11) is -4.35. The molecule has 0 bridgehead atoms. The largest absolute Gasteiger partial charge is 0.418 e. The van der Waals surface area contributed by atoms with Crippen LogP contribution in [0.15, 0.2) is 53.4 Å². The van der Waals surface area contributed by atoms with Crippen molar-refractivity contribution in [3.05, 3.63) is 59.7 Å². The second kappa shape index (κ2) is 4.57. The van der Waals surface area contributed by atoms with Gasteiger partial charge in [0.15, 0.2) is 0 Å². The Morgan fingerprint density at radius 3 is 2.14 bits per heavy atom. The van der Waals surface area contributed by atoms with Gasteiger partial charge in [-0.2, -0.15) is 17.5 Å². The number of alkyl halides is 3. The zero-order valence-electron chi connectivity index (χ0n) is 10.8. The van der Waals surface area contributed by atoms with Crippen LogP contribution in [0.3, 0.4) is 0 Å².